The molecule has 0 aromatic heterocycles. The van der Waals surface area contributed by atoms with Gasteiger partial charge in [-0.3, -0.25) is 0 Å². The molecule has 2 aromatic rings. The van der Waals surface area contributed by atoms with Crippen molar-refractivity contribution in [1.82, 2.24) is 0 Å². The van der Waals surface area contributed by atoms with E-state index in [1.165, 1.54) is 6.92 Å². The topological polar surface area (TPSA) is 77.5 Å². The van der Waals surface area contributed by atoms with Gasteiger partial charge >= 0.3 is 10.1 Å². The van der Waals surface area contributed by atoms with Gasteiger partial charge in [0.15, 0.2) is 21.5 Å². The van der Waals surface area contributed by atoms with Crippen LogP contribution in [0.4, 0.5) is 8.78 Å². The van der Waals surface area contributed by atoms with E-state index in [-0.39, 0.29) is 15.5 Å². The minimum absolute atomic E-state index is 0.0215. The predicted molar refractivity (Wildman–Crippen MR) is 78.3 cm³/mol. The zero-order valence-electron chi connectivity index (χ0n) is 11.9. The molecule has 0 saturated heterocycles. The van der Waals surface area contributed by atoms with Gasteiger partial charge in [0.25, 0.3) is 0 Å². The van der Waals surface area contributed by atoms with Crippen LogP contribution in [-0.2, 0) is 20.0 Å². The molecule has 0 aliphatic rings. The van der Waals surface area contributed by atoms with E-state index in [2.05, 4.69) is 0 Å². The molecule has 124 valence electrons. The van der Waals surface area contributed by atoms with Gasteiger partial charge in [0.2, 0.25) is 0 Å². The van der Waals surface area contributed by atoms with E-state index < -0.39 is 37.3 Å². The molecule has 9 heteroatoms. The minimum atomic E-state index is -4.30. The molecule has 0 unspecified atom stereocenters. The molecule has 0 fully saturated rings. The number of halogens is 2. The third-order valence-electron chi connectivity index (χ3n) is 2.95. The average Bonchev–Trinajstić information content (AvgIpc) is 2.51. The molecule has 0 spiro atoms. The molecule has 0 aliphatic heterocycles. The van der Waals surface area contributed by atoms with E-state index in [0.29, 0.717) is 6.07 Å². The van der Waals surface area contributed by atoms with Gasteiger partial charge in [-0.05, 0) is 36.4 Å². The lowest BCUT2D eigenvalue weighted by Gasteiger charge is -2.08. The minimum Gasteiger partial charge on any atom is -0.379 e. The van der Waals surface area contributed by atoms with Crippen LogP contribution in [0, 0.1) is 11.6 Å². The summed E-state index contributed by atoms with van der Waals surface area (Å²) in [6.07, 6.45) is 0. The van der Waals surface area contributed by atoms with Crippen LogP contribution in [-0.4, -0.2) is 22.6 Å². The highest BCUT2D eigenvalue weighted by Crippen LogP contribution is 2.22. The Hall–Kier alpha value is -2.00. The van der Waals surface area contributed by atoms with Crippen LogP contribution in [0.5, 0.6) is 5.75 Å². The maximum absolute atomic E-state index is 13.1. The highest BCUT2D eigenvalue weighted by molar-refractivity contribution is 7.91. The van der Waals surface area contributed by atoms with Crippen LogP contribution < -0.4 is 4.18 Å². The van der Waals surface area contributed by atoms with Gasteiger partial charge in [-0.15, -0.1) is 0 Å². The van der Waals surface area contributed by atoms with Crippen LogP contribution in [0.15, 0.2) is 52.3 Å². The van der Waals surface area contributed by atoms with E-state index >= 15 is 0 Å². The first-order valence-electron chi connectivity index (χ1n) is 6.38. The number of hydrogen-bond donors (Lipinski definition) is 0. The molecule has 5 nitrogen and oxygen atoms in total. The number of sulfone groups is 1. The Balaban J connectivity index is 2.31. The first-order chi connectivity index (χ1) is 10.7. The van der Waals surface area contributed by atoms with Gasteiger partial charge in [-0.2, -0.15) is 8.42 Å². The average molecular weight is 362 g/mol. The first-order valence-corrected chi connectivity index (χ1v) is 9.44. The fourth-order valence-electron chi connectivity index (χ4n) is 1.68. The Bertz CT molecular complexity index is 920. The maximum Gasteiger partial charge on any atom is 0.339 e. The molecule has 0 heterocycles. The molecule has 0 aliphatic carbocycles. The fraction of sp³-hybridized carbons (Fsp3) is 0.143. The largest absolute Gasteiger partial charge is 0.379 e. The summed E-state index contributed by atoms with van der Waals surface area (Å²) in [5.74, 6) is -2.90. The molecular formula is C14H12F2O5S2. The normalized spacial score (nSPS) is 12.1. The molecule has 0 bridgehead atoms. The summed E-state index contributed by atoms with van der Waals surface area (Å²) in [6, 6.07) is 6.71. The summed E-state index contributed by atoms with van der Waals surface area (Å²) in [4.78, 5) is -0.330. The van der Waals surface area contributed by atoms with Gasteiger partial charge in [-0.1, -0.05) is 6.92 Å². The Labute approximate surface area is 132 Å². The second kappa shape index (κ2) is 6.25. The molecule has 0 amide bonds. The number of hydrogen-bond acceptors (Lipinski definition) is 5. The summed E-state index contributed by atoms with van der Waals surface area (Å²) in [6.45, 7) is 1.46. The summed E-state index contributed by atoms with van der Waals surface area (Å²) >= 11 is 0. The van der Waals surface area contributed by atoms with Crippen molar-refractivity contribution in [3.05, 3.63) is 54.1 Å². The van der Waals surface area contributed by atoms with Gasteiger partial charge < -0.3 is 4.18 Å². The van der Waals surface area contributed by atoms with Crippen LogP contribution in [0.25, 0.3) is 0 Å². The number of rotatable bonds is 5. The lowest BCUT2D eigenvalue weighted by Crippen LogP contribution is -2.11. The lowest BCUT2D eigenvalue weighted by atomic mass is 10.3. The standard InChI is InChI=1S/C14H12F2O5S2/c1-2-22(17,18)11-4-6-12(7-5-11)23(19,20)21-10-3-8-13(15)14(16)9-10/h3-9H,2H2,1H3. The van der Waals surface area contributed by atoms with E-state index in [0.717, 1.165) is 36.4 Å². The monoisotopic (exact) mass is 362 g/mol. The van der Waals surface area contributed by atoms with E-state index in [1.54, 1.807) is 0 Å². The SMILES string of the molecule is CCS(=O)(=O)c1ccc(S(=O)(=O)Oc2ccc(F)c(F)c2)cc1. The third kappa shape index (κ3) is 3.85. The van der Waals surface area contributed by atoms with Gasteiger partial charge in [-0.25, -0.2) is 17.2 Å². The molecule has 2 aromatic carbocycles. The molecule has 23 heavy (non-hydrogen) atoms. The molecule has 0 atom stereocenters. The highest BCUT2D eigenvalue weighted by Gasteiger charge is 2.19. The summed E-state index contributed by atoms with van der Waals surface area (Å²) < 4.78 is 78.0. The molecular weight excluding hydrogens is 350 g/mol. The molecule has 0 N–H and O–H groups in total. The summed E-state index contributed by atoms with van der Waals surface area (Å²) in [5, 5.41) is 0. The van der Waals surface area contributed by atoms with Crippen molar-refractivity contribution in [1.29, 1.82) is 0 Å². The molecule has 2 rings (SSSR count). The Morgan fingerprint density at radius 1 is 0.870 bits per heavy atom. The summed E-state index contributed by atoms with van der Waals surface area (Å²) in [7, 11) is -7.75. The third-order valence-corrected chi connectivity index (χ3v) is 5.96. The van der Waals surface area contributed by atoms with Crippen molar-refractivity contribution in [2.75, 3.05) is 5.75 Å². The van der Waals surface area contributed by atoms with E-state index in [1.807, 2.05) is 0 Å². The van der Waals surface area contributed by atoms with Crippen LogP contribution in [0.1, 0.15) is 6.92 Å². The second-order valence-corrected chi connectivity index (χ2v) is 8.31. The Morgan fingerprint density at radius 2 is 1.43 bits per heavy atom. The zero-order valence-corrected chi connectivity index (χ0v) is 13.5. The van der Waals surface area contributed by atoms with Gasteiger partial charge in [0.1, 0.15) is 10.6 Å². The predicted octanol–water partition coefficient (Wildman–Crippen LogP) is 2.53. The van der Waals surface area contributed by atoms with E-state index in [9.17, 15) is 25.6 Å². The van der Waals surface area contributed by atoms with Gasteiger partial charge in [0.05, 0.1) is 10.6 Å². The maximum atomic E-state index is 13.1. The van der Waals surface area contributed by atoms with E-state index in [4.69, 9.17) is 4.18 Å². The fourth-order valence-corrected chi connectivity index (χ4v) is 3.49. The van der Waals surface area contributed by atoms with Crippen LogP contribution in [0.2, 0.25) is 0 Å². The summed E-state index contributed by atoms with van der Waals surface area (Å²) in [5.41, 5.74) is 0. The van der Waals surface area contributed by atoms with Gasteiger partial charge in [0, 0.05) is 6.07 Å². The lowest BCUT2D eigenvalue weighted by molar-refractivity contribution is 0.472. The van der Waals surface area contributed by atoms with Crippen molar-refractivity contribution < 1.29 is 29.8 Å². The Kier molecular flexibility index (Phi) is 4.71. The van der Waals surface area contributed by atoms with Crippen LogP contribution in [0.3, 0.4) is 0 Å². The second-order valence-electron chi connectivity index (χ2n) is 4.49. The molecule has 0 saturated carbocycles. The van der Waals surface area contributed by atoms with Crippen LogP contribution >= 0.6 is 0 Å². The number of benzene rings is 2. The van der Waals surface area contributed by atoms with Crippen molar-refractivity contribution >= 4 is 20.0 Å². The van der Waals surface area contributed by atoms with Crippen molar-refractivity contribution in [2.24, 2.45) is 0 Å². The Morgan fingerprint density at radius 3 is 1.96 bits per heavy atom. The van der Waals surface area contributed by atoms with Crippen molar-refractivity contribution in [3.63, 3.8) is 0 Å². The highest BCUT2D eigenvalue weighted by atomic mass is 32.2. The quantitative estimate of drug-likeness (QED) is 0.764. The first kappa shape index (κ1) is 17.4. The van der Waals surface area contributed by atoms with Crippen molar-refractivity contribution in [3.8, 4) is 5.75 Å². The smallest absolute Gasteiger partial charge is 0.339 e. The molecule has 0 radical (unpaired) electrons. The zero-order chi connectivity index (χ0) is 17.3. The van der Waals surface area contributed by atoms with Crippen molar-refractivity contribution in [2.45, 2.75) is 16.7 Å².